The zero-order chi connectivity index (χ0) is 57.1. The maximum absolute atomic E-state index is 12.9. The number of hydrogen-bond donors (Lipinski definition) is 0. The molecular formula is C73H126O6. The van der Waals surface area contributed by atoms with E-state index in [1.165, 1.54) is 167 Å². The molecule has 0 rings (SSSR count). The molecule has 0 spiro atoms. The minimum Gasteiger partial charge on any atom is -0.462 e. The fourth-order valence-electron chi connectivity index (χ4n) is 9.60. The molecule has 0 bridgehead atoms. The zero-order valence-electron chi connectivity index (χ0n) is 52.1. The molecular weight excluding hydrogens is 973 g/mol. The van der Waals surface area contributed by atoms with Crippen LogP contribution in [-0.2, 0) is 28.6 Å². The first-order valence-corrected chi connectivity index (χ1v) is 33.7. The van der Waals surface area contributed by atoms with Gasteiger partial charge < -0.3 is 14.2 Å². The van der Waals surface area contributed by atoms with E-state index < -0.39 is 6.10 Å². The summed E-state index contributed by atoms with van der Waals surface area (Å²) in [6.07, 6.45) is 90.2. The zero-order valence-corrected chi connectivity index (χ0v) is 52.1. The van der Waals surface area contributed by atoms with Crippen LogP contribution in [0, 0.1) is 0 Å². The Morgan fingerprint density at radius 1 is 0.266 bits per heavy atom. The number of carbonyl (C=O) groups is 3. The van der Waals surface area contributed by atoms with Gasteiger partial charge in [0.05, 0.1) is 0 Å². The van der Waals surface area contributed by atoms with Gasteiger partial charge in [0.15, 0.2) is 6.10 Å². The number of carbonyl (C=O) groups excluding carboxylic acids is 3. The van der Waals surface area contributed by atoms with Gasteiger partial charge in [-0.25, -0.2) is 0 Å². The van der Waals surface area contributed by atoms with Crippen molar-refractivity contribution in [3.8, 4) is 0 Å². The van der Waals surface area contributed by atoms with Crippen LogP contribution in [0.15, 0.2) is 97.2 Å². The SMILES string of the molecule is CC/C=C\C/C=C\C/C=C\C/C=C\C/C=C\CCCCCC(=O)OC(COC(=O)CCCCC/C=C\C/C=C\C/C=C\CC)COC(=O)CCCCCCCCCCCCCCCCCCCCCCCCCCCCCCC. The van der Waals surface area contributed by atoms with Crippen molar-refractivity contribution in [1.29, 1.82) is 0 Å². The van der Waals surface area contributed by atoms with Crippen molar-refractivity contribution in [3.63, 3.8) is 0 Å². The molecule has 0 aromatic carbocycles. The summed E-state index contributed by atoms with van der Waals surface area (Å²) in [6.45, 7) is 6.39. The highest BCUT2D eigenvalue weighted by Crippen LogP contribution is 2.18. The van der Waals surface area contributed by atoms with Crippen LogP contribution in [0.4, 0.5) is 0 Å². The molecule has 0 heterocycles. The second kappa shape index (κ2) is 66.8. The summed E-state index contributed by atoms with van der Waals surface area (Å²) in [7, 11) is 0. The van der Waals surface area contributed by atoms with Gasteiger partial charge in [-0.2, -0.15) is 0 Å². The third kappa shape index (κ3) is 65.0. The summed E-state index contributed by atoms with van der Waals surface area (Å²) < 4.78 is 16.9. The molecule has 0 saturated heterocycles. The summed E-state index contributed by atoms with van der Waals surface area (Å²) in [5.74, 6) is -0.951. The summed E-state index contributed by atoms with van der Waals surface area (Å²) >= 11 is 0. The van der Waals surface area contributed by atoms with Crippen LogP contribution in [0.1, 0.15) is 329 Å². The summed E-state index contributed by atoms with van der Waals surface area (Å²) in [4.78, 5) is 38.3. The van der Waals surface area contributed by atoms with Crippen molar-refractivity contribution >= 4 is 17.9 Å². The lowest BCUT2D eigenvalue weighted by Gasteiger charge is -2.18. The highest BCUT2D eigenvalue weighted by Gasteiger charge is 2.19. The van der Waals surface area contributed by atoms with Crippen molar-refractivity contribution in [1.82, 2.24) is 0 Å². The van der Waals surface area contributed by atoms with E-state index in [1.54, 1.807) is 0 Å². The maximum Gasteiger partial charge on any atom is 0.306 e. The number of rotatable bonds is 61. The molecule has 454 valence electrons. The van der Waals surface area contributed by atoms with Gasteiger partial charge in [-0.15, -0.1) is 0 Å². The van der Waals surface area contributed by atoms with Crippen LogP contribution < -0.4 is 0 Å². The molecule has 6 heteroatoms. The first-order valence-electron chi connectivity index (χ1n) is 33.7. The van der Waals surface area contributed by atoms with Gasteiger partial charge in [0.2, 0.25) is 0 Å². The summed E-state index contributed by atoms with van der Waals surface area (Å²) in [6, 6.07) is 0. The third-order valence-corrected chi connectivity index (χ3v) is 14.6. The van der Waals surface area contributed by atoms with Gasteiger partial charge in [0, 0.05) is 19.3 Å². The lowest BCUT2D eigenvalue weighted by molar-refractivity contribution is -0.167. The average Bonchev–Trinajstić information content (AvgIpc) is 3.45. The van der Waals surface area contributed by atoms with E-state index in [-0.39, 0.29) is 37.5 Å². The molecule has 0 aromatic rings. The second-order valence-electron chi connectivity index (χ2n) is 22.3. The van der Waals surface area contributed by atoms with E-state index in [0.717, 1.165) is 122 Å². The predicted octanol–water partition coefficient (Wildman–Crippen LogP) is 23.2. The Morgan fingerprint density at radius 2 is 0.494 bits per heavy atom. The summed E-state index contributed by atoms with van der Waals surface area (Å²) in [5.41, 5.74) is 0. The minimum atomic E-state index is -0.808. The lowest BCUT2D eigenvalue weighted by atomic mass is 10.0. The fourth-order valence-corrected chi connectivity index (χ4v) is 9.60. The second-order valence-corrected chi connectivity index (χ2v) is 22.3. The van der Waals surface area contributed by atoms with Crippen molar-refractivity contribution < 1.29 is 28.6 Å². The van der Waals surface area contributed by atoms with Gasteiger partial charge in [-0.1, -0.05) is 311 Å². The molecule has 0 aliphatic rings. The molecule has 0 amide bonds. The van der Waals surface area contributed by atoms with E-state index in [4.69, 9.17) is 14.2 Å². The quantitative estimate of drug-likeness (QED) is 0.0261. The van der Waals surface area contributed by atoms with E-state index in [1.807, 2.05) is 0 Å². The molecule has 0 fully saturated rings. The number of esters is 3. The van der Waals surface area contributed by atoms with Crippen LogP contribution >= 0.6 is 0 Å². The minimum absolute atomic E-state index is 0.0988. The van der Waals surface area contributed by atoms with E-state index >= 15 is 0 Å². The van der Waals surface area contributed by atoms with E-state index in [9.17, 15) is 14.4 Å². The molecule has 1 unspecified atom stereocenters. The Bertz CT molecular complexity index is 1540. The average molecular weight is 1100 g/mol. The number of ether oxygens (including phenoxy) is 3. The van der Waals surface area contributed by atoms with E-state index in [0.29, 0.717) is 12.8 Å². The standard InChI is InChI=1S/C73H126O6/c1-4-7-10-13-16-19-22-25-27-29-31-32-33-34-35-36-37-38-39-40-42-43-45-48-51-54-57-60-63-66-72(75)78-69-70(68-77-71(74)65-62-59-56-53-50-47-24-21-18-15-12-9-6-3)79-73(76)67-64-61-58-55-52-49-46-44-41-30-28-26-23-20-17-14-11-8-5-2/h8-9,11-12,17-18,20-21,26,28,41,44,47,49-50,52,70H,4-7,10,13-16,19,22-25,27,29-40,42-43,45-46,48,51,53-69H2,1-3H3/b11-8-,12-9-,20-17-,21-18-,28-26-,44-41-,50-47-,52-49-. The highest BCUT2D eigenvalue weighted by atomic mass is 16.6. The van der Waals surface area contributed by atoms with Crippen LogP contribution in [0.3, 0.4) is 0 Å². The van der Waals surface area contributed by atoms with Crippen molar-refractivity contribution in [2.75, 3.05) is 13.2 Å². The van der Waals surface area contributed by atoms with Gasteiger partial charge in [0.25, 0.3) is 0 Å². The maximum atomic E-state index is 12.9. The number of unbranched alkanes of at least 4 members (excludes halogenated alkanes) is 34. The van der Waals surface area contributed by atoms with Crippen molar-refractivity contribution in [2.24, 2.45) is 0 Å². The smallest absolute Gasteiger partial charge is 0.306 e. The van der Waals surface area contributed by atoms with Crippen LogP contribution in [0.25, 0.3) is 0 Å². The molecule has 0 aliphatic carbocycles. The molecule has 6 nitrogen and oxygen atoms in total. The Hall–Kier alpha value is -3.67. The monoisotopic (exact) mass is 1100 g/mol. The Balaban J connectivity index is 4.26. The normalized spacial score (nSPS) is 12.7. The fraction of sp³-hybridized carbons (Fsp3) is 0.740. The molecule has 1 atom stereocenters. The predicted molar refractivity (Wildman–Crippen MR) is 344 cm³/mol. The van der Waals surface area contributed by atoms with Gasteiger partial charge in [-0.3, -0.25) is 14.4 Å². The van der Waals surface area contributed by atoms with E-state index in [2.05, 4.69) is 118 Å². The van der Waals surface area contributed by atoms with Crippen LogP contribution in [0.5, 0.6) is 0 Å². The molecule has 0 aromatic heterocycles. The Kier molecular flexibility index (Phi) is 63.7. The number of hydrogen-bond acceptors (Lipinski definition) is 6. The van der Waals surface area contributed by atoms with Crippen molar-refractivity contribution in [3.05, 3.63) is 97.2 Å². The first kappa shape index (κ1) is 75.3. The first-order chi connectivity index (χ1) is 39.0. The molecule has 0 N–H and O–H groups in total. The Morgan fingerprint density at radius 3 is 0.772 bits per heavy atom. The number of allylic oxidation sites excluding steroid dienone is 16. The largest absolute Gasteiger partial charge is 0.462 e. The van der Waals surface area contributed by atoms with Gasteiger partial charge in [-0.05, 0) is 96.3 Å². The van der Waals surface area contributed by atoms with Crippen LogP contribution in [-0.4, -0.2) is 37.2 Å². The molecule has 0 saturated carbocycles. The van der Waals surface area contributed by atoms with Gasteiger partial charge >= 0.3 is 17.9 Å². The highest BCUT2D eigenvalue weighted by molar-refractivity contribution is 5.71. The molecule has 79 heavy (non-hydrogen) atoms. The topological polar surface area (TPSA) is 78.9 Å². The molecule has 0 aliphatic heterocycles. The lowest BCUT2D eigenvalue weighted by Crippen LogP contribution is -2.30. The van der Waals surface area contributed by atoms with Crippen LogP contribution in [0.2, 0.25) is 0 Å². The molecule has 0 radical (unpaired) electrons. The van der Waals surface area contributed by atoms with Crippen molar-refractivity contribution in [2.45, 2.75) is 335 Å². The van der Waals surface area contributed by atoms with Gasteiger partial charge in [0.1, 0.15) is 13.2 Å². The third-order valence-electron chi connectivity index (χ3n) is 14.6. The summed E-state index contributed by atoms with van der Waals surface area (Å²) in [5, 5.41) is 0. The Labute approximate surface area is 489 Å².